The van der Waals surface area contributed by atoms with Crippen LogP contribution in [0.3, 0.4) is 0 Å². The Morgan fingerprint density at radius 2 is 2.20 bits per heavy atom. The van der Waals surface area contributed by atoms with E-state index in [0.717, 1.165) is 13.1 Å². The molecule has 1 amide bonds. The van der Waals surface area contributed by atoms with E-state index in [9.17, 15) is 4.79 Å². The van der Waals surface area contributed by atoms with Crippen LogP contribution in [0.25, 0.3) is 0 Å². The Kier molecular flexibility index (Phi) is 3.07. The number of nitrogens with zero attached hydrogens (tertiary/aromatic N) is 1. The van der Waals surface area contributed by atoms with Gasteiger partial charge in [-0.05, 0) is 24.5 Å². The van der Waals surface area contributed by atoms with E-state index in [-0.39, 0.29) is 18.0 Å². The molecule has 2 heterocycles. The molecule has 1 fully saturated rings. The number of carbonyl (C=O) groups is 1. The van der Waals surface area contributed by atoms with E-state index < -0.39 is 0 Å². The van der Waals surface area contributed by atoms with Crippen LogP contribution in [0, 0.1) is 0 Å². The van der Waals surface area contributed by atoms with E-state index in [1.54, 1.807) is 11.3 Å². The summed E-state index contributed by atoms with van der Waals surface area (Å²) in [4.78, 5) is 15.0. The van der Waals surface area contributed by atoms with Crippen LogP contribution in [0.4, 0.5) is 0 Å². The average molecular weight is 224 g/mol. The van der Waals surface area contributed by atoms with E-state index in [4.69, 9.17) is 0 Å². The zero-order chi connectivity index (χ0) is 10.8. The summed E-state index contributed by atoms with van der Waals surface area (Å²) in [5.74, 6) is 0.164. The lowest BCUT2D eigenvalue weighted by Gasteiger charge is -2.42. The maximum Gasteiger partial charge on any atom is 0.240 e. The Balaban J connectivity index is 2.12. The quantitative estimate of drug-likeness (QED) is 0.788. The van der Waals surface area contributed by atoms with Crippen LogP contribution in [0.1, 0.15) is 24.8 Å². The molecule has 0 aromatic carbocycles. The van der Waals surface area contributed by atoms with E-state index in [0.29, 0.717) is 0 Å². The molecule has 2 rings (SSSR count). The highest BCUT2D eigenvalue weighted by Crippen LogP contribution is 2.31. The molecular weight excluding hydrogens is 208 g/mol. The molecule has 4 heteroatoms. The first-order valence-electron chi connectivity index (χ1n) is 5.35. The van der Waals surface area contributed by atoms with Crippen molar-refractivity contribution in [1.29, 1.82) is 0 Å². The van der Waals surface area contributed by atoms with Crippen molar-refractivity contribution in [2.24, 2.45) is 0 Å². The number of β-lactam (4-membered cyclic amide) rings is 1. The second kappa shape index (κ2) is 4.33. The number of thiophene rings is 1. The van der Waals surface area contributed by atoms with Gasteiger partial charge in [0.05, 0.1) is 6.04 Å². The van der Waals surface area contributed by atoms with Crippen molar-refractivity contribution in [3.8, 4) is 0 Å². The molecule has 1 saturated heterocycles. The summed E-state index contributed by atoms with van der Waals surface area (Å²) in [6.07, 6.45) is 0. The van der Waals surface area contributed by atoms with Crippen molar-refractivity contribution >= 4 is 17.2 Å². The van der Waals surface area contributed by atoms with Gasteiger partial charge in [0.25, 0.3) is 0 Å². The zero-order valence-electron chi connectivity index (χ0n) is 9.06. The third-order valence-corrected chi connectivity index (χ3v) is 3.89. The van der Waals surface area contributed by atoms with Gasteiger partial charge in [-0.2, -0.15) is 0 Å². The highest BCUT2D eigenvalue weighted by Gasteiger charge is 2.43. The van der Waals surface area contributed by atoms with Crippen LogP contribution in [-0.4, -0.2) is 29.9 Å². The Morgan fingerprint density at radius 1 is 1.47 bits per heavy atom. The first kappa shape index (κ1) is 10.6. The monoisotopic (exact) mass is 224 g/mol. The smallest absolute Gasteiger partial charge is 0.240 e. The molecule has 3 nitrogen and oxygen atoms in total. The van der Waals surface area contributed by atoms with Crippen LogP contribution < -0.4 is 5.32 Å². The fourth-order valence-corrected chi connectivity index (χ4v) is 2.87. The Labute approximate surface area is 94.1 Å². The largest absolute Gasteiger partial charge is 0.345 e. The lowest BCUT2D eigenvalue weighted by Crippen LogP contribution is -2.63. The molecular formula is C11H16N2OS. The number of likely N-dealkylation sites (N-methyl/N-ethyl adjacent to an activating group) is 1. The van der Waals surface area contributed by atoms with Gasteiger partial charge >= 0.3 is 0 Å². The number of carbonyl (C=O) groups excluding carboxylic acids is 1. The molecule has 1 aromatic heterocycles. The molecule has 0 radical (unpaired) electrons. The molecule has 82 valence electrons. The fourth-order valence-electron chi connectivity index (χ4n) is 2.06. The summed E-state index contributed by atoms with van der Waals surface area (Å²) < 4.78 is 0. The standard InChI is InChI=1S/C11H16N2OS/c1-3-13(4-2)10-9(12-11(10)14)8-6-5-7-15-8/h5-7,9-10H,3-4H2,1-2H3,(H,12,14)/t9-,10-/m1/s1. The minimum atomic E-state index is 0.0404. The van der Waals surface area contributed by atoms with Crippen molar-refractivity contribution in [2.45, 2.75) is 25.9 Å². The van der Waals surface area contributed by atoms with Gasteiger partial charge < -0.3 is 5.32 Å². The fraction of sp³-hybridized carbons (Fsp3) is 0.545. The van der Waals surface area contributed by atoms with Gasteiger partial charge in [0, 0.05) is 4.88 Å². The minimum absolute atomic E-state index is 0.0404. The molecule has 0 unspecified atom stereocenters. The van der Waals surface area contributed by atoms with Crippen LogP contribution in [-0.2, 0) is 4.79 Å². The highest BCUT2D eigenvalue weighted by molar-refractivity contribution is 7.10. The number of hydrogen-bond donors (Lipinski definition) is 1. The van der Waals surface area contributed by atoms with Crippen molar-refractivity contribution in [2.75, 3.05) is 13.1 Å². The first-order valence-corrected chi connectivity index (χ1v) is 6.23. The van der Waals surface area contributed by atoms with Gasteiger partial charge in [0.15, 0.2) is 0 Å². The molecule has 0 saturated carbocycles. The van der Waals surface area contributed by atoms with E-state index in [1.165, 1.54) is 4.88 Å². The molecule has 1 aliphatic rings. The van der Waals surface area contributed by atoms with Crippen molar-refractivity contribution in [1.82, 2.24) is 10.2 Å². The van der Waals surface area contributed by atoms with E-state index in [1.807, 2.05) is 6.07 Å². The SMILES string of the molecule is CCN(CC)[C@H]1C(=O)N[C@@H]1c1cccs1. The molecule has 0 spiro atoms. The molecule has 2 atom stereocenters. The second-order valence-electron chi connectivity index (χ2n) is 3.67. The summed E-state index contributed by atoms with van der Waals surface area (Å²) in [7, 11) is 0. The van der Waals surface area contributed by atoms with Crippen LogP contribution >= 0.6 is 11.3 Å². The van der Waals surface area contributed by atoms with Crippen molar-refractivity contribution < 1.29 is 4.79 Å². The second-order valence-corrected chi connectivity index (χ2v) is 4.65. The summed E-state index contributed by atoms with van der Waals surface area (Å²) >= 11 is 1.71. The van der Waals surface area contributed by atoms with E-state index >= 15 is 0 Å². The first-order chi connectivity index (χ1) is 7.27. The summed E-state index contributed by atoms with van der Waals surface area (Å²) in [6.45, 7) is 6.05. The Bertz CT molecular complexity index is 332. The van der Waals surface area contributed by atoms with Gasteiger partial charge in [0.1, 0.15) is 6.04 Å². The topological polar surface area (TPSA) is 32.3 Å². The Hall–Kier alpha value is -0.870. The van der Waals surface area contributed by atoms with Crippen molar-refractivity contribution in [3.63, 3.8) is 0 Å². The third-order valence-electron chi connectivity index (χ3n) is 2.94. The van der Waals surface area contributed by atoms with Crippen LogP contribution in [0.5, 0.6) is 0 Å². The number of nitrogens with one attached hydrogen (secondary N) is 1. The van der Waals surface area contributed by atoms with Crippen molar-refractivity contribution in [3.05, 3.63) is 22.4 Å². The minimum Gasteiger partial charge on any atom is -0.345 e. The normalized spacial score (nSPS) is 25.1. The predicted octanol–water partition coefficient (Wildman–Crippen LogP) is 1.63. The summed E-state index contributed by atoms with van der Waals surface area (Å²) in [5.41, 5.74) is 0. The van der Waals surface area contributed by atoms with Crippen LogP contribution in [0.15, 0.2) is 17.5 Å². The highest BCUT2D eigenvalue weighted by atomic mass is 32.1. The van der Waals surface area contributed by atoms with Gasteiger partial charge in [-0.1, -0.05) is 19.9 Å². The molecule has 1 aromatic rings. The zero-order valence-corrected chi connectivity index (χ0v) is 9.88. The lowest BCUT2D eigenvalue weighted by atomic mass is 9.95. The summed E-state index contributed by atoms with van der Waals surface area (Å²) in [6, 6.07) is 4.37. The molecule has 15 heavy (non-hydrogen) atoms. The van der Waals surface area contributed by atoms with Gasteiger partial charge in [-0.25, -0.2) is 0 Å². The molecule has 1 N–H and O–H groups in total. The molecule has 0 aliphatic carbocycles. The maximum atomic E-state index is 11.5. The van der Waals surface area contributed by atoms with Crippen LogP contribution in [0.2, 0.25) is 0 Å². The third kappa shape index (κ3) is 1.79. The Morgan fingerprint density at radius 3 is 2.67 bits per heavy atom. The summed E-state index contributed by atoms with van der Waals surface area (Å²) in [5, 5.41) is 5.03. The number of amides is 1. The van der Waals surface area contributed by atoms with E-state index in [2.05, 4.69) is 35.5 Å². The molecule has 1 aliphatic heterocycles. The number of rotatable bonds is 4. The predicted molar refractivity (Wildman–Crippen MR) is 61.9 cm³/mol. The molecule has 0 bridgehead atoms. The van der Waals surface area contributed by atoms with Gasteiger partial charge in [0.2, 0.25) is 5.91 Å². The number of hydrogen-bond acceptors (Lipinski definition) is 3. The van der Waals surface area contributed by atoms with Gasteiger partial charge in [-0.15, -0.1) is 11.3 Å². The maximum absolute atomic E-state index is 11.5. The average Bonchev–Trinajstić information content (AvgIpc) is 2.74. The van der Waals surface area contributed by atoms with Gasteiger partial charge in [-0.3, -0.25) is 9.69 Å². The lowest BCUT2D eigenvalue weighted by molar-refractivity contribution is -0.137.